The Morgan fingerprint density at radius 3 is 2.43 bits per heavy atom. The van der Waals surface area contributed by atoms with E-state index in [1.807, 2.05) is 52.5 Å². The van der Waals surface area contributed by atoms with Gasteiger partial charge in [-0.2, -0.15) is 0 Å². The van der Waals surface area contributed by atoms with Gasteiger partial charge in [-0.1, -0.05) is 34.8 Å². The lowest BCUT2D eigenvalue weighted by Gasteiger charge is -2.43. The van der Waals surface area contributed by atoms with Crippen LogP contribution in [0.1, 0.15) is 19.3 Å². The number of anilines is 2. The number of carbonyl (C=O) groups excluding carboxylic acids is 1. The van der Waals surface area contributed by atoms with Gasteiger partial charge in [0.05, 0.1) is 28.5 Å². The molecule has 0 N–H and O–H groups in total. The van der Waals surface area contributed by atoms with Crippen molar-refractivity contribution < 1.29 is 4.79 Å². The number of amides is 1. The van der Waals surface area contributed by atoms with Crippen LogP contribution in [0.15, 0.2) is 54.7 Å². The molecule has 0 radical (unpaired) electrons. The maximum Gasteiger partial charge on any atom is 0.210 e. The zero-order chi connectivity index (χ0) is 19.7. The van der Waals surface area contributed by atoms with Gasteiger partial charge in [0.25, 0.3) is 0 Å². The summed E-state index contributed by atoms with van der Waals surface area (Å²) in [6, 6.07) is 13.2. The molecule has 0 aromatic heterocycles. The number of nitrogens with zero attached hydrogens (tertiary/aromatic N) is 3. The van der Waals surface area contributed by atoms with Gasteiger partial charge >= 0.3 is 0 Å². The van der Waals surface area contributed by atoms with Gasteiger partial charge in [-0.25, -0.2) is 0 Å². The molecule has 0 bridgehead atoms. The Hall–Kier alpha value is -1.88. The van der Waals surface area contributed by atoms with Crippen molar-refractivity contribution in [1.29, 1.82) is 0 Å². The predicted molar refractivity (Wildman–Crippen MR) is 116 cm³/mol. The molecule has 2 aliphatic heterocycles. The van der Waals surface area contributed by atoms with E-state index in [9.17, 15) is 4.79 Å². The summed E-state index contributed by atoms with van der Waals surface area (Å²) in [4.78, 5) is 13.6. The molecule has 2 aromatic carbocycles. The lowest BCUT2D eigenvalue weighted by Crippen LogP contribution is -2.54. The number of rotatable bonds is 4. The van der Waals surface area contributed by atoms with Crippen molar-refractivity contribution in [3.05, 3.63) is 69.8 Å². The summed E-state index contributed by atoms with van der Waals surface area (Å²) >= 11 is 18.7. The van der Waals surface area contributed by atoms with Crippen LogP contribution in [0.2, 0.25) is 15.1 Å². The number of piperidine rings is 1. The SMILES string of the molecule is O=CN1CCCCC1C1C=CN(c2ccc(Cl)cc2Cl)N1c1ccc(Cl)cc1. The van der Waals surface area contributed by atoms with E-state index in [1.54, 1.807) is 6.07 Å². The van der Waals surface area contributed by atoms with Gasteiger partial charge in [-0.05, 0) is 67.8 Å². The molecule has 1 amide bonds. The first-order chi connectivity index (χ1) is 13.6. The predicted octanol–water partition coefficient (Wildman–Crippen LogP) is 5.78. The summed E-state index contributed by atoms with van der Waals surface area (Å²) in [5.74, 6) is 0. The van der Waals surface area contributed by atoms with Crippen LogP contribution in [0, 0.1) is 0 Å². The van der Waals surface area contributed by atoms with E-state index in [0.29, 0.717) is 15.1 Å². The van der Waals surface area contributed by atoms with Gasteiger partial charge in [-0.3, -0.25) is 14.8 Å². The lowest BCUT2D eigenvalue weighted by molar-refractivity contribution is -0.121. The number of hydrogen-bond acceptors (Lipinski definition) is 3. The molecule has 0 saturated carbocycles. The molecule has 2 aromatic rings. The Bertz CT molecular complexity index is 887. The topological polar surface area (TPSA) is 26.8 Å². The number of hydrogen-bond donors (Lipinski definition) is 0. The summed E-state index contributed by atoms with van der Waals surface area (Å²) in [5, 5.41) is 6.01. The Morgan fingerprint density at radius 2 is 1.71 bits per heavy atom. The molecule has 2 heterocycles. The van der Waals surface area contributed by atoms with Crippen molar-refractivity contribution in [2.75, 3.05) is 16.6 Å². The Labute approximate surface area is 179 Å². The minimum atomic E-state index is -0.00146. The van der Waals surface area contributed by atoms with Crippen LogP contribution in [0.3, 0.4) is 0 Å². The molecule has 0 spiro atoms. The fourth-order valence-corrected chi connectivity index (χ4v) is 4.61. The molecule has 146 valence electrons. The highest BCUT2D eigenvalue weighted by molar-refractivity contribution is 6.36. The van der Waals surface area contributed by atoms with Crippen LogP contribution in [-0.4, -0.2) is 29.9 Å². The van der Waals surface area contributed by atoms with Gasteiger partial charge in [0.1, 0.15) is 0 Å². The zero-order valence-corrected chi connectivity index (χ0v) is 17.4. The molecule has 2 unspecified atom stereocenters. The number of hydrazine groups is 1. The van der Waals surface area contributed by atoms with E-state index >= 15 is 0 Å². The van der Waals surface area contributed by atoms with Gasteiger partial charge in [0.15, 0.2) is 0 Å². The van der Waals surface area contributed by atoms with Crippen LogP contribution in [-0.2, 0) is 4.79 Å². The van der Waals surface area contributed by atoms with Crippen LogP contribution < -0.4 is 10.0 Å². The fourth-order valence-electron chi connectivity index (χ4n) is 3.99. The fraction of sp³-hybridized carbons (Fsp3) is 0.286. The van der Waals surface area contributed by atoms with Gasteiger partial charge in [0, 0.05) is 22.8 Å². The molecule has 2 aliphatic rings. The average Bonchev–Trinajstić information content (AvgIpc) is 3.13. The Morgan fingerprint density at radius 1 is 0.964 bits per heavy atom. The highest BCUT2D eigenvalue weighted by atomic mass is 35.5. The number of halogens is 3. The van der Waals surface area contributed by atoms with E-state index in [-0.39, 0.29) is 12.1 Å². The maximum absolute atomic E-state index is 11.7. The minimum absolute atomic E-state index is 0.00146. The summed E-state index contributed by atoms with van der Waals surface area (Å²) in [7, 11) is 0. The summed E-state index contributed by atoms with van der Waals surface area (Å²) in [5.41, 5.74) is 1.80. The largest absolute Gasteiger partial charge is 0.340 e. The van der Waals surface area contributed by atoms with Crippen molar-refractivity contribution in [3.63, 3.8) is 0 Å². The van der Waals surface area contributed by atoms with Crippen molar-refractivity contribution in [3.8, 4) is 0 Å². The van der Waals surface area contributed by atoms with Crippen molar-refractivity contribution in [2.45, 2.75) is 31.3 Å². The highest BCUT2D eigenvalue weighted by Crippen LogP contribution is 2.38. The molecule has 0 aliphatic carbocycles. The summed E-state index contributed by atoms with van der Waals surface area (Å²) in [6.45, 7) is 0.786. The normalized spacial score (nSPS) is 22.0. The molecule has 2 atom stereocenters. The average molecular weight is 437 g/mol. The van der Waals surface area contributed by atoms with Crippen LogP contribution in [0.5, 0.6) is 0 Å². The van der Waals surface area contributed by atoms with E-state index in [4.69, 9.17) is 34.8 Å². The van der Waals surface area contributed by atoms with Crippen molar-refractivity contribution in [1.82, 2.24) is 4.90 Å². The molecule has 28 heavy (non-hydrogen) atoms. The lowest BCUT2D eigenvalue weighted by atomic mass is 9.95. The second kappa shape index (κ2) is 8.24. The molecule has 1 fully saturated rings. The third kappa shape index (κ3) is 3.69. The van der Waals surface area contributed by atoms with Gasteiger partial charge in [-0.15, -0.1) is 0 Å². The second-order valence-electron chi connectivity index (χ2n) is 7.00. The van der Waals surface area contributed by atoms with Crippen LogP contribution >= 0.6 is 34.8 Å². The second-order valence-corrected chi connectivity index (χ2v) is 8.28. The number of likely N-dealkylation sites (tertiary alicyclic amines) is 1. The Kier molecular flexibility index (Phi) is 5.72. The molecular formula is C21H20Cl3N3O. The van der Waals surface area contributed by atoms with Gasteiger partial charge < -0.3 is 4.90 Å². The molecule has 4 nitrogen and oxygen atoms in total. The molecule has 7 heteroatoms. The van der Waals surface area contributed by atoms with E-state index in [2.05, 4.69) is 11.1 Å². The first-order valence-electron chi connectivity index (χ1n) is 9.27. The quantitative estimate of drug-likeness (QED) is 0.568. The van der Waals surface area contributed by atoms with Gasteiger partial charge in [0.2, 0.25) is 6.41 Å². The summed E-state index contributed by atoms with van der Waals surface area (Å²) < 4.78 is 0. The van der Waals surface area contributed by atoms with E-state index in [1.165, 1.54) is 0 Å². The number of benzene rings is 2. The monoisotopic (exact) mass is 435 g/mol. The standard InChI is InChI=1S/C21H20Cl3N3O/c22-15-4-7-17(8-5-15)27-21(20-3-1-2-11-25(20)14-28)10-12-26(27)19-9-6-16(23)13-18(19)24/h4-10,12-14,20-21H,1-3,11H2. The number of carbonyl (C=O) groups is 1. The third-order valence-corrected chi connectivity index (χ3v) is 6.10. The smallest absolute Gasteiger partial charge is 0.210 e. The molecule has 4 rings (SSSR count). The Balaban J connectivity index is 1.75. The van der Waals surface area contributed by atoms with Crippen LogP contribution in [0.25, 0.3) is 0 Å². The highest BCUT2D eigenvalue weighted by Gasteiger charge is 2.38. The van der Waals surface area contributed by atoms with Crippen molar-refractivity contribution >= 4 is 52.6 Å². The zero-order valence-electron chi connectivity index (χ0n) is 15.1. The minimum Gasteiger partial charge on any atom is -0.340 e. The molecule has 1 saturated heterocycles. The first kappa shape index (κ1) is 19.4. The molecular weight excluding hydrogens is 417 g/mol. The summed E-state index contributed by atoms with van der Waals surface area (Å²) in [6.07, 6.45) is 8.21. The van der Waals surface area contributed by atoms with E-state index in [0.717, 1.165) is 43.6 Å². The third-order valence-electron chi connectivity index (χ3n) is 5.31. The van der Waals surface area contributed by atoms with Crippen molar-refractivity contribution in [2.24, 2.45) is 0 Å². The maximum atomic E-state index is 11.7. The van der Waals surface area contributed by atoms with E-state index < -0.39 is 0 Å². The first-order valence-corrected chi connectivity index (χ1v) is 10.4. The van der Waals surface area contributed by atoms with Crippen LogP contribution in [0.4, 0.5) is 11.4 Å².